The van der Waals surface area contributed by atoms with Crippen LogP contribution < -0.4 is 0 Å². The molecule has 0 saturated carbocycles. The summed E-state index contributed by atoms with van der Waals surface area (Å²) >= 11 is 0. The van der Waals surface area contributed by atoms with Crippen molar-refractivity contribution in [3.05, 3.63) is 36.0 Å². The van der Waals surface area contributed by atoms with E-state index in [1.807, 2.05) is 13.0 Å². The van der Waals surface area contributed by atoms with E-state index in [1.54, 1.807) is 28.6 Å². The van der Waals surface area contributed by atoms with Crippen molar-refractivity contribution in [2.45, 2.75) is 24.7 Å². The zero-order valence-corrected chi connectivity index (χ0v) is 12.1. The molecule has 1 saturated heterocycles. The summed E-state index contributed by atoms with van der Waals surface area (Å²) in [6, 6.07) is 8.58. The van der Waals surface area contributed by atoms with Crippen LogP contribution in [-0.4, -0.2) is 31.0 Å². The predicted octanol–water partition coefficient (Wildman–Crippen LogP) is 2.43. The molecular formula is C14H16N2O3S. The summed E-state index contributed by atoms with van der Waals surface area (Å²) in [4.78, 5) is 0.333. The van der Waals surface area contributed by atoms with Crippen LogP contribution >= 0.6 is 0 Å². The molecule has 1 aliphatic heterocycles. The Kier molecular flexibility index (Phi) is 3.35. The molecule has 0 aliphatic carbocycles. The fourth-order valence-electron chi connectivity index (χ4n) is 2.37. The van der Waals surface area contributed by atoms with Gasteiger partial charge >= 0.3 is 0 Å². The smallest absolute Gasteiger partial charge is 0.243 e. The lowest BCUT2D eigenvalue weighted by Gasteiger charge is -2.15. The standard InChI is InChI=1S/C14H16N2O3S/c1-11-10-14(19-15-11)12-4-6-13(7-5-12)20(17,18)16-8-2-3-9-16/h4-7,10H,2-3,8-9H2,1H3. The Morgan fingerprint density at radius 1 is 1.15 bits per heavy atom. The van der Waals surface area contributed by atoms with Gasteiger partial charge in [-0.05, 0) is 44.0 Å². The zero-order valence-electron chi connectivity index (χ0n) is 11.2. The topological polar surface area (TPSA) is 63.4 Å². The van der Waals surface area contributed by atoms with Crippen LogP contribution in [0.25, 0.3) is 11.3 Å². The molecule has 6 heteroatoms. The van der Waals surface area contributed by atoms with E-state index in [1.165, 1.54) is 0 Å². The van der Waals surface area contributed by atoms with E-state index < -0.39 is 10.0 Å². The Morgan fingerprint density at radius 3 is 2.35 bits per heavy atom. The van der Waals surface area contributed by atoms with E-state index >= 15 is 0 Å². The lowest BCUT2D eigenvalue weighted by atomic mass is 10.2. The number of benzene rings is 1. The maximum Gasteiger partial charge on any atom is 0.243 e. The van der Waals surface area contributed by atoms with Crippen LogP contribution in [-0.2, 0) is 10.0 Å². The van der Waals surface area contributed by atoms with E-state index in [-0.39, 0.29) is 0 Å². The number of aryl methyl sites for hydroxylation is 1. The third kappa shape index (κ3) is 2.36. The quantitative estimate of drug-likeness (QED) is 0.871. The number of hydrogen-bond acceptors (Lipinski definition) is 4. The molecule has 0 atom stereocenters. The molecule has 5 nitrogen and oxygen atoms in total. The van der Waals surface area contributed by atoms with Crippen molar-refractivity contribution >= 4 is 10.0 Å². The van der Waals surface area contributed by atoms with Gasteiger partial charge in [0.05, 0.1) is 10.6 Å². The van der Waals surface area contributed by atoms with Crippen molar-refractivity contribution in [3.8, 4) is 11.3 Å². The predicted molar refractivity (Wildman–Crippen MR) is 74.7 cm³/mol. The first-order valence-corrected chi connectivity index (χ1v) is 8.05. The van der Waals surface area contributed by atoms with Crippen molar-refractivity contribution in [1.29, 1.82) is 0 Å². The Morgan fingerprint density at radius 2 is 1.80 bits per heavy atom. The molecule has 0 radical (unpaired) electrons. The van der Waals surface area contributed by atoms with Gasteiger partial charge in [-0.2, -0.15) is 4.31 Å². The molecule has 3 rings (SSSR count). The summed E-state index contributed by atoms with van der Waals surface area (Å²) in [5.41, 5.74) is 1.62. The summed E-state index contributed by atoms with van der Waals surface area (Å²) in [7, 11) is -3.35. The lowest BCUT2D eigenvalue weighted by Crippen LogP contribution is -2.27. The fraction of sp³-hybridized carbons (Fsp3) is 0.357. The Balaban J connectivity index is 1.89. The molecule has 1 aliphatic rings. The van der Waals surface area contributed by atoms with E-state index in [9.17, 15) is 8.42 Å². The van der Waals surface area contributed by atoms with Crippen LogP contribution in [0.15, 0.2) is 39.8 Å². The molecule has 1 fully saturated rings. The summed E-state index contributed by atoms with van der Waals surface area (Å²) < 4.78 is 31.5. The number of nitrogens with zero attached hydrogens (tertiary/aromatic N) is 2. The highest BCUT2D eigenvalue weighted by molar-refractivity contribution is 7.89. The molecule has 0 unspecified atom stereocenters. The van der Waals surface area contributed by atoms with E-state index in [0.717, 1.165) is 24.1 Å². The molecular weight excluding hydrogens is 276 g/mol. The van der Waals surface area contributed by atoms with Gasteiger partial charge in [0.1, 0.15) is 0 Å². The normalized spacial score (nSPS) is 16.6. The van der Waals surface area contributed by atoms with Crippen molar-refractivity contribution in [2.75, 3.05) is 13.1 Å². The molecule has 106 valence electrons. The van der Waals surface area contributed by atoms with Crippen molar-refractivity contribution in [3.63, 3.8) is 0 Å². The third-order valence-electron chi connectivity index (χ3n) is 3.47. The van der Waals surface area contributed by atoms with Crippen LogP contribution in [0.3, 0.4) is 0 Å². The minimum Gasteiger partial charge on any atom is -0.356 e. The third-order valence-corrected chi connectivity index (χ3v) is 5.38. The first-order chi connectivity index (χ1) is 9.57. The molecule has 2 heterocycles. The van der Waals surface area contributed by atoms with Gasteiger partial charge in [0.15, 0.2) is 5.76 Å². The summed E-state index contributed by atoms with van der Waals surface area (Å²) in [6.45, 7) is 3.08. The van der Waals surface area contributed by atoms with Crippen LogP contribution in [0.5, 0.6) is 0 Å². The summed E-state index contributed by atoms with van der Waals surface area (Å²) in [5, 5.41) is 3.83. The highest BCUT2D eigenvalue weighted by Crippen LogP contribution is 2.25. The van der Waals surface area contributed by atoms with Gasteiger partial charge in [0.2, 0.25) is 10.0 Å². The monoisotopic (exact) mass is 292 g/mol. The maximum atomic E-state index is 12.4. The Hall–Kier alpha value is -1.66. The highest BCUT2D eigenvalue weighted by Gasteiger charge is 2.26. The first-order valence-electron chi connectivity index (χ1n) is 6.61. The largest absolute Gasteiger partial charge is 0.356 e. The van der Waals surface area contributed by atoms with Gasteiger partial charge in [-0.15, -0.1) is 0 Å². The van der Waals surface area contributed by atoms with Crippen LogP contribution in [0.2, 0.25) is 0 Å². The van der Waals surface area contributed by atoms with Crippen LogP contribution in [0.4, 0.5) is 0 Å². The molecule has 1 aromatic heterocycles. The minimum atomic E-state index is -3.35. The minimum absolute atomic E-state index is 0.333. The van der Waals surface area contributed by atoms with Crippen molar-refractivity contribution in [2.24, 2.45) is 0 Å². The number of hydrogen-bond donors (Lipinski definition) is 0. The molecule has 0 bridgehead atoms. The average Bonchev–Trinajstić information content (AvgIpc) is 3.10. The molecule has 0 N–H and O–H groups in total. The van der Waals surface area contributed by atoms with Crippen molar-refractivity contribution < 1.29 is 12.9 Å². The van der Waals surface area contributed by atoms with E-state index in [4.69, 9.17) is 4.52 Å². The van der Waals surface area contributed by atoms with Gasteiger partial charge in [-0.25, -0.2) is 8.42 Å². The van der Waals surface area contributed by atoms with Crippen LogP contribution in [0, 0.1) is 6.92 Å². The molecule has 0 spiro atoms. The van der Waals surface area contributed by atoms with Gasteiger partial charge < -0.3 is 4.52 Å². The summed E-state index contributed by atoms with van der Waals surface area (Å²) in [5.74, 6) is 0.646. The number of rotatable bonds is 3. The van der Waals surface area contributed by atoms with Crippen LogP contribution in [0.1, 0.15) is 18.5 Å². The van der Waals surface area contributed by atoms with Gasteiger partial charge in [-0.1, -0.05) is 5.16 Å². The SMILES string of the molecule is Cc1cc(-c2ccc(S(=O)(=O)N3CCCC3)cc2)on1. The highest BCUT2D eigenvalue weighted by atomic mass is 32.2. The van der Waals surface area contributed by atoms with Gasteiger partial charge in [-0.3, -0.25) is 0 Å². The molecule has 0 amide bonds. The number of sulfonamides is 1. The van der Waals surface area contributed by atoms with Gasteiger partial charge in [0.25, 0.3) is 0 Å². The van der Waals surface area contributed by atoms with Gasteiger partial charge in [0, 0.05) is 24.7 Å². The Labute approximate surface area is 118 Å². The second-order valence-corrected chi connectivity index (χ2v) is 6.91. The fourth-order valence-corrected chi connectivity index (χ4v) is 3.89. The van der Waals surface area contributed by atoms with E-state index in [0.29, 0.717) is 23.7 Å². The lowest BCUT2D eigenvalue weighted by molar-refractivity contribution is 0.427. The molecule has 1 aromatic carbocycles. The molecule has 2 aromatic rings. The second-order valence-electron chi connectivity index (χ2n) is 4.97. The first kappa shape index (κ1) is 13.3. The summed E-state index contributed by atoms with van der Waals surface area (Å²) in [6.07, 6.45) is 1.88. The van der Waals surface area contributed by atoms with E-state index in [2.05, 4.69) is 5.16 Å². The number of aromatic nitrogens is 1. The van der Waals surface area contributed by atoms with Crippen molar-refractivity contribution in [1.82, 2.24) is 9.46 Å². The second kappa shape index (κ2) is 5.03. The zero-order chi connectivity index (χ0) is 14.2. The molecule has 20 heavy (non-hydrogen) atoms. The Bertz CT molecular complexity index is 698. The average molecular weight is 292 g/mol. The maximum absolute atomic E-state index is 12.4.